The summed E-state index contributed by atoms with van der Waals surface area (Å²) in [5.74, 6) is -1.43. The van der Waals surface area contributed by atoms with Crippen LogP contribution in [0.2, 0.25) is 0 Å². The molecule has 1 aliphatic rings. The second-order valence-electron chi connectivity index (χ2n) is 2.69. The monoisotopic (exact) mass is 243 g/mol. The van der Waals surface area contributed by atoms with E-state index in [1.54, 1.807) is 0 Å². The van der Waals surface area contributed by atoms with E-state index in [9.17, 15) is 13.2 Å². The van der Waals surface area contributed by atoms with Crippen molar-refractivity contribution in [2.45, 2.75) is 18.9 Å². The largest absolute Gasteiger partial charge is 0.358 e. The highest BCUT2D eigenvalue weighted by Crippen LogP contribution is 2.32. The molecule has 0 aliphatic carbocycles. The molecule has 70 valence electrons. The van der Waals surface area contributed by atoms with Gasteiger partial charge in [-0.1, -0.05) is 15.9 Å². The maximum atomic E-state index is 13.0. The first-order valence-corrected chi connectivity index (χ1v) is 4.60. The van der Waals surface area contributed by atoms with Crippen molar-refractivity contribution in [2.24, 2.45) is 0 Å². The fourth-order valence-electron chi connectivity index (χ4n) is 1.21. The van der Waals surface area contributed by atoms with E-state index < -0.39 is 11.9 Å². The van der Waals surface area contributed by atoms with Gasteiger partial charge in [0.2, 0.25) is 0 Å². The maximum absolute atomic E-state index is 13.0. The van der Waals surface area contributed by atoms with Crippen LogP contribution in [0, 0.1) is 0 Å². The number of alkyl halides is 2. The minimum Gasteiger partial charge on any atom is -0.238 e. The van der Waals surface area contributed by atoms with Gasteiger partial charge in [-0.25, -0.2) is 9.29 Å². The number of hydrogen-bond acceptors (Lipinski definition) is 1. The summed E-state index contributed by atoms with van der Waals surface area (Å²) in [6, 6.07) is -3.43. The molecule has 1 heterocycles. The van der Waals surface area contributed by atoms with Gasteiger partial charge in [-0.15, -0.1) is 0 Å². The first kappa shape index (κ1) is 10.1. The minimum atomic E-state index is -3.43. The van der Waals surface area contributed by atoms with Crippen molar-refractivity contribution >= 4 is 15.9 Å². The van der Waals surface area contributed by atoms with E-state index in [1.807, 2.05) is 0 Å². The quantitative estimate of drug-likeness (QED) is 0.675. The molecule has 12 heavy (non-hydrogen) atoms. The molecule has 0 N–H and O–H groups in total. The first-order valence-electron chi connectivity index (χ1n) is 3.68. The molecule has 0 amide bonds. The zero-order valence-electron chi connectivity index (χ0n) is 6.36. The average Bonchev–Trinajstić information content (AvgIpc) is 2.55. The molecule has 0 aromatic heterocycles. The van der Waals surface area contributed by atoms with Gasteiger partial charge in [0.15, 0.2) is 5.83 Å². The van der Waals surface area contributed by atoms with Gasteiger partial charge in [-0.05, 0) is 12.8 Å². The van der Waals surface area contributed by atoms with E-state index in [0.717, 1.165) is 4.90 Å². The molecule has 0 unspecified atom stereocenters. The predicted molar refractivity (Wildman–Crippen MR) is 43.9 cm³/mol. The molecule has 0 aromatic rings. The molecule has 0 radical (unpaired) electrons. The Morgan fingerprint density at radius 3 is 2.25 bits per heavy atom. The van der Waals surface area contributed by atoms with Crippen LogP contribution in [0.1, 0.15) is 12.8 Å². The van der Waals surface area contributed by atoms with Crippen LogP contribution >= 0.6 is 15.9 Å². The van der Waals surface area contributed by atoms with Crippen LogP contribution in [-0.2, 0) is 0 Å². The lowest BCUT2D eigenvalue weighted by Crippen LogP contribution is -2.39. The van der Waals surface area contributed by atoms with E-state index in [4.69, 9.17) is 0 Å². The normalized spacial score (nSPS) is 21.8. The van der Waals surface area contributed by atoms with Crippen LogP contribution in [0.4, 0.5) is 13.2 Å². The van der Waals surface area contributed by atoms with Gasteiger partial charge in [0.05, 0.1) is 0 Å². The molecule has 0 saturated carbocycles. The maximum Gasteiger partial charge on any atom is 0.358 e. The highest BCUT2D eigenvalue weighted by molar-refractivity contribution is 9.11. The van der Waals surface area contributed by atoms with Crippen LogP contribution in [0.15, 0.2) is 10.8 Å². The lowest BCUT2D eigenvalue weighted by Gasteiger charge is -2.24. The van der Waals surface area contributed by atoms with E-state index in [2.05, 4.69) is 15.9 Å². The van der Waals surface area contributed by atoms with Crippen LogP contribution < -0.4 is 0 Å². The number of likely N-dealkylation sites (tertiary alicyclic amines) is 1. The summed E-state index contributed by atoms with van der Waals surface area (Å²) in [6.07, 6.45) is 1.43. The van der Waals surface area contributed by atoms with Crippen molar-refractivity contribution in [3.05, 3.63) is 10.8 Å². The Morgan fingerprint density at radius 2 is 1.83 bits per heavy atom. The van der Waals surface area contributed by atoms with Gasteiger partial charge in [0, 0.05) is 18.1 Å². The summed E-state index contributed by atoms with van der Waals surface area (Å²) in [5, 5.41) is 0. The van der Waals surface area contributed by atoms with Crippen LogP contribution in [0.25, 0.3) is 0 Å². The second-order valence-corrected chi connectivity index (χ2v) is 3.15. The highest BCUT2D eigenvalue weighted by atomic mass is 79.9. The standard InChI is InChI=1S/C7H9BrF3N/c8-5-6(9)7(10,11)12-3-1-2-4-12/h5H,1-4H2/b6-5-. The molecule has 0 spiro atoms. The third-order valence-corrected chi connectivity index (χ3v) is 2.29. The molecule has 1 aliphatic heterocycles. The Bertz CT molecular complexity index is 187. The summed E-state index contributed by atoms with van der Waals surface area (Å²) in [4.78, 5) is 1.48. The zero-order valence-corrected chi connectivity index (χ0v) is 7.95. The van der Waals surface area contributed by atoms with Gasteiger partial charge in [-0.3, -0.25) is 0 Å². The molecule has 5 heteroatoms. The Morgan fingerprint density at radius 1 is 1.33 bits per heavy atom. The zero-order chi connectivity index (χ0) is 9.19. The van der Waals surface area contributed by atoms with Crippen molar-refractivity contribution in [1.29, 1.82) is 0 Å². The van der Waals surface area contributed by atoms with Crippen LogP contribution in [0.5, 0.6) is 0 Å². The van der Waals surface area contributed by atoms with E-state index >= 15 is 0 Å². The molecular weight excluding hydrogens is 235 g/mol. The van der Waals surface area contributed by atoms with Gasteiger partial charge >= 0.3 is 6.05 Å². The van der Waals surface area contributed by atoms with E-state index in [-0.39, 0.29) is 13.1 Å². The molecule has 1 rings (SSSR count). The Hall–Kier alpha value is -0.0300. The molecule has 1 fully saturated rings. The van der Waals surface area contributed by atoms with Crippen molar-refractivity contribution < 1.29 is 13.2 Å². The number of rotatable bonds is 2. The summed E-state index contributed by atoms with van der Waals surface area (Å²) in [5.41, 5.74) is 0. The smallest absolute Gasteiger partial charge is 0.238 e. The Labute approximate surface area is 77.4 Å². The summed E-state index contributed by atoms with van der Waals surface area (Å²) in [6.45, 7) is 0.530. The lowest BCUT2D eigenvalue weighted by atomic mass is 10.4. The Kier molecular flexibility index (Phi) is 3.17. The van der Waals surface area contributed by atoms with Gasteiger partial charge in [0.25, 0.3) is 0 Å². The lowest BCUT2D eigenvalue weighted by molar-refractivity contribution is -0.116. The third-order valence-electron chi connectivity index (χ3n) is 1.89. The molecule has 1 nitrogen and oxygen atoms in total. The van der Waals surface area contributed by atoms with Crippen molar-refractivity contribution in [3.8, 4) is 0 Å². The number of halogens is 4. The molecule has 0 bridgehead atoms. The SMILES string of the molecule is F/C(=C\Br)C(F)(F)N1CCCC1. The van der Waals surface area contributed by atoms with Crippen LogP contribution in [-0.4, -0.2) is 24.0 Å². The summed E-state index contributed by atoms with van der Waals surface area (Å²) >= 11 is 2.55. The van der Waals surface area contributed by atoms with E-state index in [0.29, 0.717) is 17.8 Å². The molecule has 1 saturated heterocycles. The topological polar surface area (TPSA) is 3.24 Å². The fraction of sp³-hybridized carbons (Fsp3) is 0.714. The van der Waals surface area contributed by atoms with Gasteiger partial charge in [-0.2, -0.15) is 8.78 Å². The molecule has 0 aromatic carbocycles. The van der Waals surface area contributed by atoms with Crippen molar-refractivity contribution in [1.82, 2.24) is 4.90 Å². The fourth-order valence-corrected chi connectivity index (χ4v) is 1.49. The number of nitrogens with zero attached hydrogens (tertiary/aromatic N) is 1. The predicted octanol–water partition coefficient (Wildman–Crippen LogP) is 2.88. The third kappa shape index (κ3) is 1.82. The van der Waals surface area contributed by atoms with Crippen molar-refractivity contribution in [3.63, 3.8) is 0 Å². The summed E-state index contributed by atoms with van der Waals surface area (Å²) < 4.78 is 38.5. The summed E-state index contributed by atoms with van der Waals surface area (Å²) in [7, 11) is 0. The second kappa shape index (κ2) is 3.79. The van der Waals surface area contributed by atoms with Gasteiger partial charge in [0.1, 0.15) is 0 Å². The van der Waals surface area contributed by atoms with E-state index in [1.165, 1.54) is 0 Å². The molecular formula is C7H9BrF3N. The molecule has 0 atom stereocenters. The average molecular weight is 244 g/mol. The minimum absolute atomic E-state index is 0.265. The van der Waals surface area contributed by atoms with Crippen molar-refractivity contribution in [2.75, 3.05) is 13.1 Å². The van der Waals surface area contributed by atoms with Crippen LogP contribution in [0.3, 0.4) is 0 Å². The highest BCUT2D eigenvalue weighted by Gasteiger charge is 2.43. The van der Waals surface area contributed by atoms with Gasteiger partial charge < -0.3 is 0 Å². The Balaban J connectivity index is 2.69. The first-order chi connectivity index (χ1) is 5.59. The number of hydrogen-bond donors (Lipinski definition) is 0.